The number of hydrogen-bond donors (Lipinski definition) is 3. The van der Waals surface area contributed by atoms with Gasteiger partial charge in [0.15, 0.2) is 0 Å². The highest BCUT2D eigenvalue weighted by atomic mass is 16.6. The van der Waals surface area contributed by atoms with Crippen LogP contribution in [0.25, 0.3) is 0 Å². The molecule has 0 fully saturated rings. The standard InChI is InChI=1S/C17H24N2O6/c1-16(2,3)24-14(22)18-10-7-8-12(11(9-10)13(20)21)19-15(23)25-17(4,5)6/h7-9H,1-6H3,(H,18,22)(H,19,23)(H,20,21). The molecule has 0 saturated heterocycles. The van der Waals surface area contributed by atoms with E-state index in [2.05, 4.69) is 10.6 Å². The van der Waals surface area contributed by atoms with Gasteiger partial charge in [0.2, 0.25) is 0 Å². The van der Waals surface area contributed by atoms with Crippen molar-refractivity contribution in [1.29, 1.82) is 0 Å². The molecule has 0 aliphatic rings. The van der Waals surface area contributed by atoms with Gasteiger partial charge in [-0.1, -0.05) is 0 Å². The lowest BCUT2D eigenvalue weighted by molar-refractivity contribution is 0.0622. The second-order valence-corrected chi connectivity index (χ2v) is 7.32. The zero-order chi connectivity index (χ0) is 19.4. The molecule has 3 N–H and O–H groups in total. The third kappa shape index (κ3) is 7.56. The molecule has 1 aromatic rings. The van der Waals surface area contributed by atoms with E-state index < -0.39 is 29.4 Å². The van der Waals surface area contributed by atoms with Crippen molar-refractivity contribution in [3.63, 3.8) is 0 Å². The van der Waals surface area contributed by atoms with Crippen LogP contribution in [0.15, 0.2) is 18.2 Å². The van der Waals surface area contributed by atoms with Gasteiger partial charge in [0.1, 0.15) is 11.2 Å². The smallest absolute Gasteiger partial charge is 0.412 e. The first-order valence-electron chi connectivity index (χ1n) is 7.64. The largest absolute Gasteiger partial charge is 0.478 e. The fraction of sp³-hybridized carbons (Fsp3) is 0.471. The van der Waals surface area contributed by atoms with Crippen LogP contribution in [-0.4, -0.2) is 34.5 Å². The Kier molecular flexibility index (Phi) is 6.01. The molecule has 25 heavy (non-hydrogen) atoms. The summed E-state index contributed by atoms with van der Waals surface area (Å²) in [6.07, 6.45) is -1.49. The molecule has 1 rings (SSSR count). The molecule has 0 heterocycles. The summed E-state index contributed by atoms with van der Waals surface area (Å²) < 4.78 is 10.2. The first-order chi connectivity index (χ1) is 11.3. The molecule has 0 radical (unpaired) electrons. The summed E-state index contributed by atoms with van der Waals surface area (Å²) in [4.78, 5) is 35.0. The van der Waals surface area contributed by atoms with Gasteiger partial charge in [0, 0.05) is 5.69 Å². The van der Waals surface area contributed by atoms with Crippen molar-refractivity contribution in [2.45, 2.75) is 52.7 Å². The van der Waals surface area contributed by atoms with Crippen LogP contribution in [-0.2, 0) is 9.47 Å². The molecule has 0 unspecified atom stereocenters. The molecule has 1 aromatic carbocycles. The van der Waals surface area contributed by atoms with E-state index in [1.807, 2.05) is 0 Å². The summed E-state index contributed by atoms with van der Waals surface area (Å²) in [5.74, 6) is -1.26. The average molecular weight is 352 g/mol. The molecular weight excluding hydrogens is 328 g/mol. The number of ether oxygens (including phenoxy) is 2. The lowest BCUT2D eigenvalue weighted by Crippen LogP contribution is -2.28. The highest BCUT2D eigenvalue weighted by Gasteiger charge is 2.20. The summed E-state index contributed by atoms with van der Waals surface area (Å²) in [6.45, 7) is 10.2. The van der Waals surface area contributed by atoms with E-state index >= 15 is 0 Å². The quantitative estimate of drug-likeness (QED) is 0.755. The maximum absolute atomic E-state index is 11.8. The molecule has 8 nitrogen and oxygen atoms in total. The molecule has 0 bridgehead atoms. The predicted molar refractivity (Wildman–Crippen MR) is 93.1 cm³/mol. The van der Waals surface area contributed by atoms with Gasteiger partial charge in [-0.25, -0.2) is 14.4 Å². The van der Waals surface area contributed by atoms with Gasteiger partial charge in [0.25, 0.3) is 0 Å². The lowest BCUT2D eigenvalue weighted by Gasteiger charge is -2.21. The molecular formula is C17H24N2O6. The van der Waals surface area contributed by atoms with E-state index in [1.165, 1.54) is 18.2 Å². The molecule has 0 aliphatic carbocycles. The third-order valence-electron chi connectivity index (χ3n) is 2.53. The van der Waals surface area contributed by atoms with Crippen LogP contribution in [0.1, 0.15) is 51.9 Å². The van der Waals surface area contributed by atoms with E-state index in [1.54, 1.807) is 41.5 Å². The number of nitrogens with one attached hydrogen (secondary N) is 2. The summed E-state index contributed by atoms with van der Waals surface area (Å²) in [5, 5.41) is 14.1. The molecule has 0 aliphatic heterocycles. The van der Waals surface area contributed by atoms with Crippen molar-refractivity contribution in [2.24, 2.45) is 0 Å². The number of carboxylic acids is 1. The first kappa shape index (κ1) is 20.3. The van der Waals surface area contributed by atoms with Crippen molar-refractivity contribution in [1.82, 2.24) is 0 Å². The van der Waals surface area contributed by atoms with Crippen LogP contribution in [0.5, 0.6) is 0 Å². The number of benzene rings is 1. The number of rotatable bonds is 3. The predicted octanol–water partition coefficient (Wildman–Crippen LogP) is 4.08. The summed E-state index contributed by atoms with van der Waals surface area (Å²) in [5.41, 5.74) is -1.32. The minimum Gasteiger partial charge on any atom is -0.478 e. The van der Waals surface area contributed by atoms with Gasteiger partial charge in [-0.15, -0.1) is 0 Å². The maximum atomic E-state index is 11.8. The van der Waals surface area contributed by atoms with Crippen molar-refractivity contribution in [2.75, 3.05) is 10.6 Å². The maximum Gasteiger partial charge on any atom is 0.412 e. The molecule has 0 spiro atoms. The van der Waals surface area contributed by atoms with Crippen LogP contribution >= 0.6 is 0 Å². The van der Waals surface area contributed by atoms with Crippen molar-refractivity contribution in [3.8, 4) is 0 Å². The first-order valence-corrected chi connectivity index (χ1v) is 7.64. The Morgan fingerprint density at radius 2 is 1.36 bits per heavy atom. The van der Waals surface area contributed by atoms with E-state index in [9.17, 15) is 19.5 Å². The Bertz CT molecular complexity index is 671. The Morgan fingerprint density at radius 1 is 0.880 bits per heavy atom. The van der Waals surface area contributed by atoms with E-state index in [4.69, 9.17) is 9.47 Å². The highest BCUT2D eigenvalue weighted by Crippen LogP contribution is 2.22. The molecule has 0 atom stereocenters. The number of aromatic carboxylic acids is 1. The Labute approximate surface area is 146 Å². The second-order valence-electron chi connectivity index (χ2n) is 7.32. The topological polar surface area (TPSA) is 114 Å². The molecule has 2 amide bonds. The zero-order valence-electron chi connectivity index (χ0n) is 15.2. The SMILES string of the molecule is CC(C)(C)OC(=O)Nc1ccc(NC(=O)OC(C)(C)C)c(C(=O)O)c1. The van der Waals surface area contributed by atoms with Crippen LogP contribution < -0.4 is 10.6 Å². The summed E-state index contributed by atoms with van der Waals surface area (Å²) in [6, 6.07) is 4.03. The molecule has 138 valence electrons. The van der Waals surface area contributed by atoms with E-state index in [0.29, 0.717) is 0 Å². The Hall–Kier alpha value is -2.77. The van der Waals surface area contributed by atoms with E-state index in [0.717, 1.165) is 0 Å². The number of hydrogen-bond acceptors (Lipinski definition) is 5. The van der Waals surface area contributed by atoms with Crippen molar-refractivity contribution in [3.05, 3.63) is 23.8 Å². The lowest BCUT2D eigenvalue weighted by atomic mass is 10.1. The van der Waals surface area contributed by atoms with Crippen LogP contribution in [0.4, 0.5) is 21.0 Å². The van der Waals surface area contributed by atoms with Gasteiger partial charge in [-0.3, -0.25) is 10.6 Å². The minimum atomic E-state index is -1.26. The molecule has 0 saturated carbocycles. The number of amides is 2. The van der Waals surface area contributed by atoms with Crippen LogP contribution in [0.2, 0.25) is 0 Å². The summed E-state index contributed by atoms with van der Waals surface area (Å²) >= 11 is 0. The second kappa shape index (κ2) is 7.42. The fourth-order valence-electron chi connectivity index (χ4n) is 1.74. The van der Waals surface area contributed by atoms with Crippen molar-refractivity contribution < 1.29 is 29.0 Å². The number of carbonyl (C=O) groups is 3. The minimum absolute atomic E-state index is 0.0523. The third-order valence-corrected chi connectivity index (χ3v) is 2.53. The zero-order valence-corrected chi connectivity index (χ0v) is 15.2. The highest BCUT2D eigenvalue weighted by molar-refractivity contribution is 6.00. The van der Waals surface area contributed by atoms with Gasteiger partial charge < -0.3 is 14.6 Å². The van der Waals surface area contributed by atoms with Crippen LogP contribution in [0.3, 0.4) is 0 Å². The van der Waals surface area contributed by atoms with Gasteiger partial charge in [0.05, 0.1) is 11.3 Å². The Morgan fingerprint density at radius 3 is 1.80 bits per heavy atom. The molecule has 8 heteroatoms. The number of anilines is 2. The average Bonchev–Trinajstić information content (AvgIpc) is 2.35. The summed E-state index contributed by atoms with van der Waals surface area (Å²) in [7, 11) is 0. The van der Waals surface area contributed by atoms with Gasteiger partial charge >= 0.3 is 18.2 Å². The van der Waals surface area contributed by atoms with Crippen LogP contribution in [0, 0.1) is 0 Å². The molecule has 0 aromatic heterocycles. The normalized spacial score (nSPS) is 11.4. The van der Waals surface area contributed by atoms with Gasteiger partial charge in [-0.2, -0.15) is 0 Å². The Balaban J connectivity index is 2.95. The fourth-order valence-corrected chi connectivity index (χ4v) is 1.74. The van der Waals surface area contributed by atoms with E-state index in [-0.39, 0.29) is 16.9 Å². The van der Waals surface area contributed by atoms with Gasteiger partial charge in [-0.05, 0) is 59.7 Å². The number of carbonyl (C=O) groups excluding carboxylic acids is 2. The van der Waals surface area contributed by atoms with Crippen molar-refractivity contribution >= 4 is 29.5 Å². The number of carboxylic acid groups (broad SMARTS) is 1. The monoisotopic (exact) mass is 352 g/mol.